The summed E-state index contributed by atoms with van der Waals surface area (Å²) >= 11 is 5.93. The lowest BCUT2D eigenvalue weighted by atomic mass is 10.2. The van der Waals surface area contributed by atoms with E-state index in [4.69, 9.17) is 20.5 Å². The number of pyridine rings is 1. The Hall–Kier alpha value is -4.18. The van der Waals surface area contributed by atoms with Crippen molar-refractivity contribution in [1.29, 1.82) is 0 Å². The van der Waals surface area contributed by atoms with Gasteiger partial charge in [0.05, 0.1) is 12.7 Å². The maximum Gasteiger partial charge on any atom is 0.373 e. The van der Waals surface area contributed by atoms with Crippen LogP contribution in [-0.4, -0.2) is 37.4 Å². The van der Waals surface area contributed by atoms with Crippen LogP contribution >= 0.6 is 11.6 Å². The van der Waals surface area contributed by atoms with Gasteiger partial charge >= 0.3 is 11.7 Å². The third-order valence-electron chi connectivity index (χ3n) is 4.72. The number of benzene rings is 1. The molecule has 0 saturated carbocycles. The second-order valence-corrected chi connectivity index (χ2v) is 7.18. The predicted molar refractivity (Wildman–Crippen MR) is 112 cm³/mol. The van der Waals surface area contributed by atoms with Gasteiger partial charge in [-0.2, -0.15) is 4.98 Å². The molecule has 0 radical (unpaired) electrons. The highest BCUT2D eigenvalue weighted by atomic mass is 35.5. The summed E-state index contributed by atoms with van der Waals surface area (Å²) in [5.41, 5.74) is 1.17. The van der Waals surface area contributed by atoms with E-state index in [0.717, 1.165) is 5.56 Å². The molecule has 0 N–H and O–H groups in total. The molecule has 0 amide bonds. The molecule has 0 fully saturated rings. The van der Waals surface area contributed by atoms with Crippen molar-refractivity contribution >= 4 is 23.2 Å². The molecule has 32 heavy (non-hydrogen) atoms. The van der Waals surface area contributed by atoms with Crippen LogP contribution < -0.4 is 5.69 Å². The van der Waals surface area contributed by atoms with Crippen LogP contribution in [0.2, 0.25) is 5.02 Å². The predicted octanol–water partition coefficient (Wildman–Crippen LogP) is 3.29. The van der Waals surface area contributed by atoms with E-state index in [0.29, 0.717) is 27.8 Å². The fourth-order valence-corrected chi connectivity index (χ4v) is 3.30. The normalized spacial score (nSPS) is 11.2. The number of nitrogens with zero attached hydrogens (tertiary/aromatic N) is 5. The third kappa shape index (κ3) is 3.46. The zero-order valence-corrected chi connectivity index (χ0v) is 17.3. The van der Waals surface area contributed by atoms with E-state index in [1.807, 2.05) is 0 Å². The Morgan fingerprint density at radius 2 is 1.97 bits per heavy atom. The van der Waals surface area contributed by atoms with Gasteiger partial charge < -0.3 is 13.7 Å². The van der Waals surface area contributed by atoms with Crippen LogP contribution in [0.4, 0.5) is 0 Å². The van der Waals surface area contributed by atoms with Crippen LogP contribution in [0.3, 0.4) is 0 Å². The molecule has 0 aliphatic carbocycles. The minimum Gasteiger partial charge on any atom is -0.463 e. The van der Waals surface area contributed by atoms with Crippen molar-refractivity contribution in [2.75, 3.05) is 7.11 Å². The van der Waals surface area contributed by atoms with Gasteiger partial charge in [-0.25, -0.2) is 18.7 Å². The van der Waals surface area contributed by atoms with Gasteiger partial charge in [-0.3, -0.25) is 0 Å². The summed E-state index contributed by atoms with van der Waals surface area (Å²) < 4.78 is 18.1. The first kappa shape index (κ1) is 19.8. The summed E-state index contributed by atoms with van der Waals surface area (Å²) in [7, 11) is 1.26. The number of carbonyl (C=O) groups excluding carboxylic acids is 1. The number of hydrogen-bond donors (Lipinski definition) is 0. The Kier molecular flexibility index (Phi) is 4.83. The molecule has 10 nitrogen and oxygen atoms in total. The van der Waals surface area contributed by atoms with Gasteiger partial charge in [-0.1, -0.05) is 16.8 Å². The van der Waals surface area contributed by atoms with Crippen molar-refractivity contribution < 1.29 is 18.5 Å². The van der Waals surface area contributed by atoms with Crippen molar-refractivity contribution in [3.63, 3.8) is 0 Å². The molecule has 4 aromatic heterocycles. The molecule has 0 unspecified atom stereocenters. The average molecular weight is 452 g/mol. The summed E-state index contributed by atoms with van der Waals surface area (Å²) in [6, 6.07) is 13.5. The maximum absolute atomic E-state index is 12.8. The number of ether oxygens (including phenoxy) is 1. The molecular weight excluding hydrogens is 438 g/mol. The second-order valence-electron chi connectivity index (χ2n) is 6.74. The number of esters is 1. The summed E-state index contributed by atoms with van der Waals surface area (Å²) in [6.07, 6.45) is 1.59. The molecule has 5 rings (SSSR count). The van der Waals surface area contributed by atoms with Gasteiger partial charge in [0.25, 0.3) is 5.89 Å². The number of fused-ring (bicyclic) bond motifs is 1. The van der Waals surface area contributed by atoms with E-state index in [-0.39, 0.29) is 18.2 Å². The van der Waals surface area contributed by atoms with Gasteiger partial charge in [-0.05, 0) is 48.5 Å². The van der Waals surface area contributed by atoms with Crippen LogP contribution in [0.5, 0.6) is 0 Å². The molecule has 160 valence electrons. The van der Waals surface area contributed by atoms with Crippen molar-refractivity contribution in [3.05, 3.63) is 81.8 Å². The van der Waals surface area contributed by atoms with Crippen LogP contribution in [0, 0.1) is 0 Å². The Bertz CT molecular complexity index is 1500. The fraction of sp³-hybridized carbons (Fsp3) is 0.0952. The molecule has 5 aromatic rings. The van der Waals surface area contributed by atoms with Crippen molar-refractivity contribution in [3.8, 4) is 22.8 Å². The van der Waals surface area contributed by atoms with Crippen LogP contribution in [-0.2, 0) is 11.3 Å². The number of hydrogen-bond acceptors (Lipinski definition) is 8. The number of halogens is 1. The molecule has 0 aliphatic rings. The largest absolute Gasteiger partial charge is 0.463 e. The molecule has 0 spiro atoms. The highest BCUT2D eigenvalue weighted by Gasteiger charge is 2.19. The smallest absolute Gasteiger partial charge is 0.373 e. The first-order chi connectivity index (χ1) is 15.5. The average Bonchev–Trinajstić information content (AvgIpc) is 3.54. The standard InChI is InChI=1S/C21H14ClN5O5/c1-30-20(28)16-9-8-14(31-16)11-27-21(29)26-10-2-3-15(18(26)24-27)19-23-17(25-32-19)12-4-6-13(22)7-5-12/h2-10H,11H2,1H3. The van der Waals surface area contributed by atoms with E-state index in [9.17, 15) is 9.59 Å². The van der Waals surface area contributed by atoms with E-state index in [2.05, 4.69) is 20.0 Å². The topological polar surface area (TPSA) is 118 Å². The Morgan fingerprint density at radius 1 is 1.16 bits per heavy atom. The monoisotopic (exact) mass is 451 g/mol. The fourth-order valence-electron chi connectivity index (χ4n) is 3.18. The highest BCUT2D eigenvalue weighted by Crippen LogP contribution is 2.25. The summed E-state index contributed by atoms with van der Waals surface area (Å²) in [4.78, 5) is 28.8. The van der Waals surface area contributed by atoms with Gasteiger partial charge in [0.2, 0.25) is 11.6 Å². The van der Waals surface area contributed by atoms with Crippen molar-refractivity contribution in [2.45, 2.75) is 6.54 Å². The zero-order valence-electron chi connectivity index (χ0n) is 16.6. The summed E-state index contributed by atoms with van der Waals surface area (Å²) in [6.45, 7) is 0.0246. The lowest BCUT2D eigenvalue weighted by Crippen LogP contribution is -2.21. The van der Waals surface area contributed by atoms with Gasteiger partial charge in [0.1, 0.15) is 12.3 Å². The molecule has 11 heteroatoms. The number of aromatic nitrogens is 5. The van der Waals surface area contributed by atoms with Crippen LogP contribution in [0.1, 0.15) is 16.3 Å². The molecule has 4 heterocycles. The minimum atomic E-state index is -0.603. The quantitative estimate of drug-likeness (QED) is 0.373. The highest BCUT2D eigenvalue weighted by molar-refractivity contribution is 6.30. The Morgan fingerprint density at radius 3 is 2.75 bits per heavy atom. The lowest BCUT2D eigenvalue weighted by Gasteiger charge is -1.96. The molecule has 0 saturated heterocycles. The summed E-state index contributed by atoms with van der Waals surface area (Å²) in [5.74, 6) is 0.407. The second kappa shape index (κ2) is 7.82. The number of carbonyl (C=O) groups is 1. The number of furan rings is 1. The molecule has 0 atom stereocenters. The summed E-state index contributed by atoms with van der Waals surface area (Å²) in [5, 5.41) is 9.01. The van der Waals surface area contributed by atoms with E-state index in [1.165, 1.54) is 22.3 Å². The van der Waals surface area contributed by atoms with E-state index >= 15 is 0 Å². The molecular formula is C21H14ClN5O5. The SMILES string of the molecule is COC(=O)c1ccc(Cn2nc3c(-c4nc(-c5ccc(Cl)cc5)no4)cccn3c2=O)o1. The first-order valence-corrected chi connectivity index (χ1v) is 9.76. The Labute approximate surface area is 184 Å². The lowest BCUT2D eigenvalue weighted by molar-refractivity contribution is 0.0562. The van der Waals surface area contributed by atoms with E-state index < -0.39 is 11.7 Å². The number of rotatable bonds is 5. The zero-order chi connectivity index (χ0) is 22.2. The van der Waals surface area contributed by atoms with Gasteiger partial charge in [0.15, 0.2) is 5.65 Å². The van der Waals surface area contributed by atoms with E-state index in [1.54, 1.807) is 48.7 Å². The minimum absolute atomic E-state index is 0.0246. The molecule has 0 bridgehead atoms. The number of methoxy groups -OCH3 is 1. The van der Waals surface area contributed by atoms with Gasteiger partial charge in [0, 0.05) is 16.8 Å². The maximum atomic E-state index is 12.8. The van der Waals surface area contributed by atoms with Gasteiger partial charge in [-0.15, -0.1) is 5.10 Å². The first-order valence-electron chi connectivity index (χ1n) is 9.39. The van der Waals surface area contributed by atoms with Crippen LogP contribution in [0.15, 0.2) is 68.5 Å². The molecule has 0 aliphatic heterocycles. The van der Waals surface area contributed by atoms with Crippen molar-refractivity contribution in [1.82, 2.24) is 24.3 Å². The molecule has 1 aromatic carbocycles. The third-order valence-corrected chi connectivity index (χ3v) is 4.97. The van der Waals surface area contributed by atoms with Crippen molar-refractivity contribution in [2.24, 2.45) is 0 Å². The van der Waals surface area contributed by atoms with Crippen LogP contribution in [0.25, 0.3) is 28.5 Å². The Balaban J connectivity index is 1.51.